The highest BCUT2D eigenvalue weighted by Gasteiger charge is 2.25. The number of carbonyl (C=O) groups is 1. The lowest BCUT2D eigenvalue weighted by Crippen LogP contribution is -2.27. The Balaban J connectivity index is 4.15. The molecule has 9 heteroatoms. The number of hydrogen-bond donors (Lipinski definition) is 2. The van der Waals surface area contributed by atoms with E-state index in [4.69, 9.17) is 24.3 Å². The van der Waals surface area contributed by atoms with Crippen LogP contribution in [0.1, 0.15) is 174 Å². The molecule has 0 aliphatic heterocycles. The molecule has 8 nitrogen and oxygen atoms in total. The Kier molecular flexibility index (Phi) is 34.2. The summed E-state index contributed by atoms with van der Waals surface area (Å²) in [5.74, 6) is -0.356. The van der Waals surface area contributed by atoms with Gasteiger partial charge in [-0.3, -0.25) is 13.8 Å². The van der Waals surface area contributed by atoms with E-state index in [1.54, 1.807) is 6.26 Å². The van der Waals surface area contributed by atoms with Gasteiger partial charge in [-0.25, -0.2) is 4.57 Å². The predicted molar refractivity (Wildman–Crippen MR) is 192 cm³/mol. The second-order valence-corrected chi connectivity index (χ2v) is 14.0. The number of phosphoric acid groups is 1. The minimum absolute atomic E-state index is 0.0302. The monoisotopic (exact) mass is 674 g/mol. The quantitative estimate of drug-likeness (QED) is 0.0222. The molecule has 0 saturated heterocycles. The Morgan fingerprint density at radius 2 is 1.11 bits per heavy atom. The van der Waals surface area contributed by atoms with Gasteiger partial charge in [0.1, 0.15) is 6.61 Å². The number of nitrogens with two attached hydrogens (primary N) is 1. The highest BCUT2D eigenvalue weighted by atomic mass is 31.2. The molecule has 3 N–H and O–H groups in total. The summed E-state index contributed by atoms with van der Waals surface area (Å²) in [5, 5.41) is 0. The standard InChI is InChI=1S/C37H72NO7P/c1-3-5-7-9-11-13-15-16-17-18-19-21-23-25-27-29-32-42-34-36(35-44-46(40,41)43-33-31-38)45-37(39)30-28-26-24-22-20-14-12-10-8-6-4-2/h16-17,29,32,36H,3-15,18-28,30-31,33-35,38H2,1-2H3,(H,40,41). The first-order chi connectivity index (χ1) is 22.4. The molecule has 0 fully saturated rings. The first kappa shape index (κ1) is 44.8. The van der Waals surface area contributed by atoms with E-state index >= 15 is 0 Å². The molecule has 0 radical (unpaired) electrons. The fraction of sp³-hybridized carbons (Fsp3) is 0.865. The third-order valence-corrected chi connectivity index (χ3v) is 8.92. The molecule has 0 bridgehead atoms. The van der Waals surface area contributed by atoms with Gasteiger partial charge in [0.05, 0.1) is 19.5 Å². The van der Waals surface area contributed by atoms with Crippen LogP contribution in [-0.2, 0) is 27.9 Å². The van der Waals surface area contributed by atoms with E-state index in [0.29, 0.717) is 6.42 Å². The van der Waals surface area contributed by atoms with Gasteiger partial charge in [-0.1, -0.05) is 135 Å². The molecule has 0 rings (SSSR count). The van der Waals surface area contributed by atoms with Crippen LogP contribution in [0.2, 0.25) is 0 Å². The summed E-state index contributed by atoms with van der Waals surface area (Å²) in [4.78, 5) is 22.3. The molecule has 272 valence electrons. The van der Waals surface area contributed by atoms with Crippen molar-refractivity contribution in [1.29, 1.82) is 0 Å². The van der Waals surface area contributed by atoms with Gasteiger partial charge in [-0.15, -0.1) is 0 Å². The number of rotatable bonds is 36. The fourth-order valence-electron chi connectivity index (χ4n) is 5.13. The molecule has 0 aromatic heterocycles. The summed E-state index contributed by atoms with van der Waals surface area (Å²) in [6.07, 6.45) is 37.1. The van der Waals surface area contributed by atoms with Crippen molar-refractivity contribution >= 4 is 13.8 Å². The number of allylic oxidation sites excluding steroid dienone is 3. The molecule has 0 aliphatic rings. The van der Waals surface area contributed by atoms with Crippen LogP contribution in [0, 0.1) is 0 Å². The highest BCUT2D eigenvalue weighted by molar-refractivity contribution is 7.47. The minimum Gasteiger partial charge on any atom is -0.498 e. The van der Waals surface area contributed by atoms with E-state index in [9.17, 15) is 14.3 Å². The van der Waals surface area contributed by atoms with E-state index < -0.39 is 13.9 Å². The molecular formula is C37H72NO7P. The number of ether oxygens (including phenoxy) is 2. The summed E-state index contributed by atoms with van der Waals surface area (Å²) in [7, 11) is -4.28. The lowest BCUT2D eigenvalue weighted by molar-refractivity contribution is -0.153. The van der Waals surface area contributed by atoms with E-state index in [1.165, 1.54) is 116 Å². The Labute approximate surface area is 283 Å². The number of phosphoric ester groups is 1. The van der Waals surface area contributed by atoms with E-state index in [2.05, 4.69) is 26.0 Å². The zero-order valence-corrected chi connectivity index (χ0v) is 30.7. The third kappa shape index (κ3) is 34.2. The normalized spacial score (nSPS) is 13.8. The number of hydrogen-bond acceptors (Lipinski definition) is 7. The van der Waals surface area contributed by atoms with Crippen LogP contribution >= 0.6 is 7.82 Å². The van der Waals surface area contributed by atoms with Gasteiger partial charge in [0, 0.05) is 13.0 Å². The first-order valence-corrected chi connectivity index (χ1v) is 20.4. The van der Waals surface area contributed by atoms with Gasteiger partial charge in [0.25, 0.3) is 0 Å². The number of esters is 1. The second kappa shape index (κ2) is 35.1. The van der Waals surface area contributed by atoms with Crippen molar-refractivity contribution in [3.8, 4) is 0 Å². The van der Waals surface area contributed by atoms with E-state index in [-0.39, 0.29) is 32.3 Å². The topological polar surface area (TPSA) is 117 Å². The Morgan fingerprint density at radius 3 is 1.61 bits per heavy atom. The Morgan fingerprint density at radius 1 is 0.652 bits per heavy atom. The van der Waals surface area contributed by atoms with Crippen LogP contribution in [0.5, 0.6) is 0 Å². The van der Waals surface area contributed by atoms with Crippen molar-refractivity contribution in [3.05, 3.63) is 24.5 Å². The van der Waals surface area contributed by atoms with Gasteiger partial charge in [-0.05, 0) is 51.0 Å². The fourth-order valence-corrected chi connectivity index (χ4v) is 5.90. The summed E-state index contributed by atoms with van der Waals surface area (Å²) in [6, 6.07) is 0. The third-order valence-electron chi connectivity index (χ3n) is 7.94. The molecule has 0 aromatic carbocycles. The van der Waals surface area contributed by atoms with Crippen LogP contribution in [0.4, 0.5) is 0 Å². The summed E-state index contributed by atoms with van der Waals surface area (Å²) >= 11 is 0. The maximum atomic E-state index is 12.5. The SMILES string of the molecule is CCCCCCCCC=CCCCCCCC=COCC(COP(=O)(O)OCCN)OC(=O)CCCCCCCCCCCCC. The van der Waals surface area contributed by atoms with Crippen molar-refractivity contribution in [2.24, 2.45) is 5.73 Å². The lowest BCUT2D eigenvalue weighted by atomic mass is 10.1. The summed E-state index contributed by atoms with van der Waals surface area (Å²) in [6.45, 7) is 4.21. The molecule has 0 aromatic rings. The minimum atomic E-state index is -4.28. The van der Waals surface area contributed by atoms with Crippen molar-refractivity contribution in [3.63, 3.8) is 0 Å². The maximum Gasteiger partial charge on any atom is 0.472 e. The average molecular weight is 674 g/mol. The van der Waals surface area contributed by atoms with E-state index in [0.717, 1.165) is 38.5 Å². The van der Waals surface area contributed by atoms with Gasteiger partial charge in [-0.2, -0.15) is 0 Å². The van der Waals surface area contributed by atoms with Crippen molar-refractivity contribution in [2.75, 3.05) is 26.4 Å². The van der Waals surface area contributed by atoms with Crippen LogP contribution < -0.4 is 5.73 Å². The smallest absolute Gasteiger partial charge is 0.472 e. The molecule has 2 atom stereocenters. The molecule has 46 heavy (non-hydrogen) atoms. The zero-order chi connectivity index (χ0) is 33.8. The number of unbranched alkanes of at least 4 members (excludes halogenated alkanes) is 21. The van der Waals surface area contributed by atoms with E-state index in [1.807, 2.05) is 6.08 Å². The van der Waals surface area contributed by atoms with Crippen LogP contribution in [-0.4, -0.2) is 43.3 Å². The number of carbonyl (C=O) groups excluding carboxylic acids is 1. The molecule has 0 amide bonds. The predicted octanol–water partition coefficient (Wildman–Crippen LogP) is 10.9. The van der Waals surface area contributed by atoms with Crippen LogP contribution in [0.15, 0.2) is 24.5 Å². The lowest BCUT2D eigenvalue weighted by Gasteiger charge is -2.19. The highest BCUT2D eigenvalue weighted by Crippen LogP contribution is 2.43. The molecule has 2 unspecified atom stereocenters. The Hall–Kier alpha value is -1.18. The second-order valence-electron chi connectivity index (χ2n) is 12.5. The van der Waals surface area contributed by atoms with Crippen molar-refractivity contribution in [1.82, 2.24) is 0 Å². The zero-order valence-electron chi connectivity index (χ0n) is 29.8. The Bertz CT molecular complexity index is 762. The molecule has 0 spiro atoms. The van der Waals surface area contributed by atoms with Crippen molar-refractivity contribution in [2.45, 2.75) is 180 Å². The van der Waals surface area contributed by atoms with Crippen LogP contribution in [0.25, 0.3) is 0 Å². The first-order valence-electron chi connectivity index (χ1n) is 18.9. The molecule has 0 heterocycles. The van der Waals surface area contributed by atoms with Crippen molar-refractivity contribution < 1.29 is 32.8 Å². The summed E-state index contributed by atoms with van der Waals surface area (Å²) in [5.41, 5.74) is 5.34. The van der Waals surface area contributed by atoms with Gasteiger partial charge in [0.2, 0.25) is 0 Å². The van der Waals surface area contributed by atoms with Gasteiger partial charge >= 0.3 is 13.8 Å². The molecular weight excluding hydrogens is 601 g/mol. The summed E-state index contributed by atoms with van der Waals surface area (Å²) < 4.78 is 33.0. The maximum absolute atomic E-state index is 12.5. The van der Waals surface area contributed by atoms with Gasteiger partial charge < -0.3 is 20.1 Å². The van der Waals surface area contributed by atoms with Crippen LogP contribution in [0.3, 0.4) is 0 Å². The largest absolute Gasteiger partial charge is 0.498 e. The average Bonchev–Trinajstić information content (AvgIpc) is 3.04. The molecule has 0 saturated carbocycles. The molecule has 0 aliphatic carbocycles. The van der Waals surface area contributed by atoms with Gasteiger partial charge in [0.15, 0.2) is 6.10 Å².